The van der Waals surface area contributed by atoms with Crippen LogP contribution < -0.4 is 9.47 Å². The van der Waals surface area contributed by atoms with Gasteiger partial charge in [0.25, 0.3) is 0 Å². The van der Waals surface area contributed by atoms with Gasteiger partial charge in [0.2, 0.25) is 5.76 Å². The fourth-order valence-electron chi connectivity index (χ4n) is 6.20. The largest absolute Gasteiger partial charge is 0.491 e. The molecule has 0 saturated carbocycles. The quantitative estimate of drug-likeness (QED) is 0.261. The molecule has 6 nitrogen and oxygen atoms in total. The number of hydrogen-bond acceptors (Lipinski definition) is 6. The van der Waals surface area contributed by atoms with Crippen molar-refractivity contribution < 1.29 is 19.1 Å². The van der Waals surface area contributed by atoms with Crippen LogP contribution in [0.3, 0.4) is 0 Å². The Morgan fingerprint density at radius 1 is 0.881 bits per heavy atom. The van der Waals surface area contributed by atoms with Gasteiger partial charge in [-0.1, -0.05) is 77.5 Å². The first-order valence-electron chi connectivity index (χ1n) is 14.8. The predicted molar refractivity (Wildman–Crippen MR) is 167 cm³/mol. The van der Waals surface area contributed by atoms with E-state index in [2.05, 4.69) is 58.6 Å². The Kier molecular flexibility index (Phi) is 8.54. The zero-order valence-electron chi connectivity index (χ0n) is 24.4. The number of aromatic nitrogens is 1. The Morgan fingerprint density at radius 3 is 2.21 bits per heavy atom. The first-order valence-corrected chi connectivity index (χ1v) is 14.8. The highest BCUT2D eigenvalue weighted by molar-refractivity contribution is 5.86. The molecule has 0 radical (unpaired) electrons. The monoisotopic (exact) mass is 562 g/mol. The SMILES string of the molecule is COc1c(C)noc1/C=C/c1ccccc1OCC(O)CN1CCC(=C2c3ccccc3CCc3ccccc32)CC1. The van der Waals surface area contributed by atoms with Crippen molar-refractivity contribution in [2.75, 3.05) is 33.4 Å². The number of likely N-dealkylation sites (tertiary alicyclic amines) is 1. The number of β-amino-alcohol motifs (C(OH)–C–C–N with tert-alkyl or cyclic N) is 1. The normalized spacial score (nSPS) is 16.2. The van der Waals surface area contributed by atoms with Gasteiger partial charge in [0, 0.05) is 25.2 Å². The van der Waals surface area contributed by atoms with Crippen LogP contribution in [0.25, 0.3) is 17.7 Å². The molecular formula is C36H38N2O4. The van der Waals surface area contributed by atoms with E-state index in [4.69, 9.17) is 14.0 Å². The van der Waals surface area contributed by atoms with E-state index in [0.717, 1.165) is 44.3 Å². The highest BCUT2D eigenvalue weighted by Crippen LogP contribution is 2.38. The van der Waals surface area contributed by atoms with Crippen molar-refractivity contribution in [1.29, 1.82) is 0 Å². The summed E-state index contributed by atoms with van der Waals surface area (Å²) >= 11 is 0. The highest BCUT2D eigenvalue weighted by atomic mass is 16.5. The number of para-hydroxylation sites is 1. The molecule has 42 heavy (non-hydrogen) atoms. The number of hydrogen-bond donors (Lipinski definition) is 1. The molecule has 2 heterocycles. The van der Waals surface area contributed by atoms with Crippen molar-refractivity contribution in [3.05, 3.63) is 118 Å². The molecule has 1 saturated heterocycles. The molecule has 1 N–H and O–H groups in total. The van der Waals surface area contributed by atoms with E-state index < -0.39 is 6.10 Å². The summed E-state index contributed by atoms with van der Waals surface area (Å²) in [6.45, 7) is 4.51. The molecule has 0 bridgehead atoms. The summed E-state index contributed by atoms with van der Waals surface area (Å²) in [6.07, 6.45) is 7.31. The van der Waals surface area contributed by atoms with E-state index in [1.807, 2.05) is 43.3 Å². The summed E-state index contributed by atoms with van der Waals surface area (Å²) in [5, 5.41) is 14.9. The number of piperidine rings is 1. The van der Waals surface area contributed by atoms with Crippen molar-refractivity contribution in [3.63, 3.8) is 0 Å². The van der Waals surface area contributed by atoms with E-state index in [1.165, 1.54) is 33.4 Å². The van der Waals surface area contributed by atoms with Crippen molar-refractivity contribution in [3.8, 4) is 11.5 Å². The number of aliphatic hydroxyl groups excluding tert-OH is 1. The maximum absolute atomic E-state index is 10.9. The molecule has 0 amide bonds. The maximum atomic E-state index is 10.9. The first kappa shape index (κ1) is 28.0. The van der Waals surface area contributed by atoms with Gasteiger partial charge in [-0.3, -0.25) is 4.90 Å². The van der Waals surface area contributed by atoms with Crippen LogP contribution in [0.2, 0.25) is 0 Å². The van der Waals surface area contributed by atoms with Crippen LogP contribution in [0, 0.1) is 6.92 Å². The third-order valence-corrected chi connectivity index (χ3v) is 8.32. The van der Waals surface area contributed by atoms with Gasteiger partial charge >= 0.3 is 0 Å². The van der Waals surface area contributed by atoms with E-state index >= 15 is 0 Å². The number of aryl methyl sites for hydroxylation is 3. The summed E-state index contributed by atoms with van der Waals surface area (Å²) in [6, 6.07) is 25.6. The molecule has 2 aliphatic rings. The lowest BCUT2D eigenvalue weighted by Gasteiger charge is -2.32. The van der Waals surface area contributed by atoms with E-state index in [9.17, 15) is 5.11 Å². The van der Waals surface area contributed by atoms with Crippen molar-refractivity contribution >= 4 is 17.7 Å². The maximum Gasteiger partial charge on any atom is 0.201 e. The van der Waals surface area contributed by atoms with Gasteiger partial charge in [0.05, 0.1) is 7.11 Å². The summed E-state index contributed by atoms with van der Waals surface area (Å²) < 4.78 is 16.8. The van der Waals surface area contributed by atoms with E-state index in [1.54, 1.807) is 7.11 Å². The molecule has 4 aromatic rings. The smallest absolute Gasteiger partial charge is 0.201 e. The lowest BCUT2D eigenvalue weighted by Crippen LogP contribution is -2.39. The van der Waals surface area contributed by atoms with Crippen LogP contribution in [0.4, 0.5) is 0 Å². The fraction of sp³-hybridized carbons (Fsp3) is 0.306. The number of methoxy groups -OCH3 is 1. The number of fused-ring (bicyclic) bond motifs is 2. The molecule has 1 aliphatic carbocycles. The van der Waals surface area contributed by atoms with Gasteiger partial charge in [0.1, 0.15) is 24.2 Å². The summed E-state index contributed by atoms with van der Waals surface area (Å²) in [7, 11) is 1.60. The highest BCUT2D eigenvalue weighted by Gasteiger charge is 2.24. The molecular weight excluding hydrogens is 524 g/mol. The lowest BCUT2D eigenvalue weighted by molar-refractivity contribution is 0.0655. The van der Waals surface area contributed by atoms with Crippen molar-refractivity contribution in [1.82, 2.24) is 10.1 Å². The third-order valence-electron chi connectivity index (χ3n) is 8.32. The Labute approximate surface area is 247 Å². The van der Waals surface area contributed by atoms with E-state index in [-0.39, 0.29) is 6.61 Å². The molecule has 3 aromatic carbocycles. The molecule has 1 unspecified atom stereocenters. The standard InChI is InChI=1S/C36H38N2O4/c1-25-36(40-2)34(42-37-25)18-17-28-11-5-8-14-33(28)41-24-30(39)23-38-21-19-29(20-22-38)35-31-12-6-3-9-26(31)15-16-27-10-4-7-13-32(27)35/h3-14,17-18,30,39H,15-16,19-24H2,1-2H3/b18-17+. The second-order valence-corrected chi connectivity index (χ2v) is 11.1. The van der Waals surface area contributed by atoms with Gasteiger partial charge in [-0.25, -0.2) is 0 Å². The van der Waals surface area contributed by atoms with Crippen LogP contribution in [0.5, 0.6) is 11.5 Å². The van der Waals surface area contributed by atoms with E-state index in [0.29, 0.717) is 29.5 Å². The number of ether oxygens (including phenoxy) is 2. The Balaban J connectivity index is 1.09. The molecule has 1 aliphatic heterocycles. The number of rotatable bonds is 8. The number of nitrogens with zero attached hydrogens (tertiary/aromatic N) is 2. The van der Waals surface area contributed by atoms with Crippen LogP contribution in [-0.2, 0) is 12.8 Å². The fourth-order valence-corrected chi connectivity index (χ4v) is 6.20. The number of aliphatic hydroxyl groups is 1. The lowest BCUT2D eigenvalue weighted by atomic mass is 9.86. The van der Waals surface area contributed by atoms with Gasteiger partial charge < -0.3 is 19.1 Å². The second-order valence-electron chi connectivity index (χ2n) is 11.1. The average molecular weight is 563 g/mol. The number of benzene rings is 3. The first-order chi connectivity index (χ1) is 20.6. The molecule has 216 valence electrons. The zero-order chi connectivity index (χ0) is 28.9. The third kappa shape index (κ3) is 6.06. The van der Waals surface area contributed by atoms with Crippen molar-refractivity contribution in [2.24, 2.45) is 0 Å². The van der Waals surface area contributed by atoms with Gasteiger partial charge in [-0.15, -0.1) is 0 Å². The molecule has 1 fully saturated rings. The van der Waals surface area contributed by atoms with Gasteiger partial charge in [-0.05, 0) is 78.7 Å². The van der Waals surface area contributed by atoms with Gasteiger partial charge in [0.15, 0.2) is 5.75 Å². The summed E-state index contributed by atoms with van der Waals surface area (Å²) in [5.74, 6) is 1.88. The van der Waals surface area contributed by atoms with Gasteiger partial charge in [-0.2, -0.15) is 0 Å². The van der Waals surface area contributed by atoms with Crippen LogP contribution >= 0.6 is 0 Å². The van der Waals surface area contributed by atoms with Crippen LogP contribution in [0.1, 0.15) is 52.1 Å². The Bertz CT molecular complexity index is 1540. The zero-order valence-corrected chi connectivity index (χ0v) is 24.4. The topological polar surface area (TPSA) is 68.0 Å². The summed E-state index contributed by atoms with van der Waals surface area (Å²) in [5.41, 5.74) is 10.2. The Morgan fingerprint density at radius 2 is 1.52 bits per heavy atom. The predicted octanol–water partition coefficient (Wildman–Crippen LogP) is 6.60. The minimum absolute atomic E-state index is 0.223. The molecule has 6 rings (SSSR count). The molecule has 0 spiro atoms. The Hall–Kier alpha value is -4.13. The van der Waals surface area contributed by atoms with Crippen molar-refractivity contribution in [2.45, 2.75) is 38.7 Å². The molecule has 1 aromatic heterocycles. The molecule has 1 atom stereocenters. The average Bonchev–Trinajstić information content (AvgIpc) is 3.29. The van der Waals surface area contributed by atoms with Crippen LogP contribution in [0.15, 0.2) is 82.9 Å². The second kappa shape index (κ2) is 12.8. The molecule has 6 heteroatoms. The summed E-state index contributed by atoms with van der Waals surface area (Å²) in [4.78, 5) is 2.36. The minimum Gasteiger partial charge on any atom is -0.491 e. The minimum atomic E-state index is -0.590. The van der Waals surface area contributed by atoms with Crippen LogP contribution in [-0.4, -0.2) is 54.6 Å².